The molecule has 1 saturated carbocycles. The van der Waals surface area contributed by atoms with Crippen LogP contribution in [0.5, 0.6) is 11.5 Å². The van der Waals surface area contributed by atoms with Crippen molar-refractivity contribution < 1.29 is 19.4 Å². The second-order valence-corrected chi connectivity index (χ2v) is 9.07. The maximum absolute atomic E-state index is 13.5. The van der Waals surface area contributed by atoms with E-state index in [1.165, 1.54) is 12.8 Å². The third-order valence-electron chi connectivity index (χ3n) is 6.43. The summed E-state index contributed by atoms with van der Waals surface area (Å²) < 4.78 is 11.3. The van der Waals surface area contributed by atoms with E-state index in [2.05, 4.69) is 6.92 Å². The van der Waals surface area contributed by atoms with Gasteiger partial charge in [0.1, 0.15) is 11.5 Å². The summed E-state index contributed by atoms with van der Waals surface area (Å²) in [6, 6.07) is 22.9. The highest BCUT2D eigenvalue weighted by molar-refractivity contribution is 5.95. The molecule has 0 spiro atoms. The fourth-order valence-electron chi connectivity index (χ4n) is 4.27. The summed E-state index contributed by atoms with van der Waals surface area (Å²) in [5.74, 6) is 1.26. The number of amides is 1. The van der Waals surface area contributed by atoms with Crippen LogP contribution in [0.1, 0.15) is 67.6 Å². The van der Waals surface area contributed by atoms with Crippen molar-refractivity contribution in [3.8, 4) is 22.6 Å². The third-order valence-corrected chi connectivity index (χ3v) is 6.43. The Kier molecular flexibility index (Phi) is 8.43. The Morgan fingerprint density at radius 3 is 2.46 bits per heavy atom. The first-order valence-corrected chi connectivity index (χ1v) is 12.6. The molecule has 3 aromatic rings. The average Bonchev–Trinajstić information content (AvgIpc) is 3.74. The van der Waals surface area contributed by atoms with Crippen molar-refractivity contribution in [1.82, 2.24) is 4.90 Å². The van der Waals surface area contributed by atoms with Gasteiger partial charge in [-0.25, -0.2) is 0 Å². The van der Waals surface area contributed by atoms with Crippen LogP contribution in [0.25, 0.3) is 11.1 Å². The Morgan fingerprint density at radius 1 is 0.971 bits per heavy atom. The van der Waals surface area contributed by atoms with Crippen molar-refractivity contribution in [3.05, 3.63) is 83.9 Å². The first-order valence-electron chi connectivity index (χ1n) is 12.6. The van der Waals surface area contributed by atoms with Gasteiger partial charge in [-0.3, -0.25) is 4.79 Å². The van der Waals surface area contributed by atoms with E-state index in [1.54, 1.807) is 12.0 Å². The molecule has 1 atom stereocenters. The van der Waals surface area contributed by atoms with Gasteiger partial charge in [-0.15, -0.1) is 0 Å². The van der Waals surface area contributed by atoms with Crippen LogP contribution in [0.3, 0.4) is 0 Å². The number of hydrogen-bond donors (Lipinski definition) is 1. The molecule has 0 radical (unpaired) electrons. The van der Waals surface area contributed by atoms with Crippen molar-refractivity contribution in [2.24, 2.45) is 0 Å². The summed E-state index contributed by atoms with van der Waals surface area (Å²) >= 11 is 0. The van der Waals surface area contributed by atoms with Gasteiger partial charge in [0, 0.05) is 17.2 Å². The minimum absolute atomic E-state index is 0.0353. The molecule has 1 N–H and O–H groups in total. The number of aliphatic hydroxyl groups is 1. The highest BCUT2D eigenvalue weighted by atomic mass is 16.5. The number of nitrogens with zero attached hydrogens (tertiary/aromatic N) is 1. The average molecular weight is 474 g/mol. The van der Waals surface area contributed by atoms with Gasteiger partial charge in [0.25, 0.3) is 5.91 Å². The summed E-state index contributed by atoms with van der Waals surface area (Å²) in [5, 5.41) is 11.3. The third kappa shape index (κ3) is 6.23. The van der Waals surface area contributed by atoms with Crippen molar-refractivity contribution in [1.29, 1.82) is 0 Å². The number of rotatable bonds is 12. The predicted octanol–water partition coefficient (Wildman–Crippen LogP) is 6.62. The number of para-hydroxylation sites is 1. The maximum atomic E-state index is 13.5. The molecule has 5 nitrogen and oxygen atoms in total. The van der Waals surface area contributed by atoms with Crippen LogP contribution in [-0.2, 0) is 0 Å². The highest BCUT2D eigenvalue weighted by Crippen LogP contribution is 2.37. The van der Waals surface area contributed by atoms with Gasteiger partial charge in [-0.2, -0.15) is 0 Å². The van der Waals surface area contributed by atoms with Gasteiger partial charge < -0.3 is 19.5 Å². The fourth-order valence-corrected chi connectivity index (χ4v) is 4.27. The minimum Gasteiger partial charge on any atom is -0.497 e. The zero-order valence-corrected chi connectivity index (χ0v) is 20.7. The van der Waals surface area contributed by atoms with Gasteiger partial charge in [0.05, 0.1) is 13.7 Å². The molecule has 0 heterocycles. The molecular weight excluding hydrogens is 438 g/mol. The number of unbranched alkanes of at least 4 members (excludes halogenated alkanes) is 3. The van der Waals surface area contributed by atoms with Crippen LogP contribution in [0.2, 0.25) is 0 Å². The Labute approximate surface area is 208 Å². The van der Waals surface area contributed by atoms with Crippen molar-refractivity contribution >= 4 is 5.91 Å². The number of aliphatic hydroxyl groups excluding tert-OH is 1. The fraction of sp³-hybridized carbons (Fsp3) is 0.367. The van der Waals surface area contributed by atoms with E-state index in [0.29, 0.717) is 23.5 Å². The summed E-state index contributed by atoms with van der Waals surface area (Å²) in [5.41, 5.74) is 3.21. The van der Waals surface area contributed by atoms with E-state index in [-0.39, 0.29) is 11.9 Å². The van der Waals surface area contributed by atoms with Gasteiger partial charge in [0.15, 0.2) is 6.23 Å². The SMILES string of the molecule is CCCCCCOc1ccccc1C(O)N(C(=O)c1ccc(-c2cccc(OC)c2)cc1)C1CC1. The molecule has 0 saturated heterocycles. The first kappa shape index (κ1) is 24.8. The summed E-state index contributed by atoms with van der Waals surface area (Å²) in [6.45, 7) is 2.79. The molecule has 1 unspecified atom stereocenters. The van der Waals surface area contributed by atoms with Gasteiger partial charge in [0.2, 0.25) is 0 Å². The van der Waals surface area contributed by atoms with E-state index in [4.69, 9.17) is 9.47 Å². The number of hydrogen-bond acceptors (Lipinski definition) is 4. The zero-order valence-electron chi connectivity index (χ0n) is 20.7. The number of ether oxygens (including phenoxy) is 2. The molecule has 1 fully saturated rings. The molecule has 184 valence electrons. The lowest BCUT2D eigenvalue weighted by molar-refractivity contribution is 0.000930. The van der Waals surface area contributed by atoms with E-state index >= 15 is 0 Å². The topological polar surface area (TPSA) is 59.0 Å². The van der Waals surface area contributed by atoms with Crippen molar-refractivity contribution in [2.75, 3.05) is 13.7 Å². The lowest BCUT2D eigenvalue weighted by Crippen LogP contribution is -2.37. The Balaban J connectivity index is 1.50. The molecule has 35 heavy (non-hydrogen) atoms. The number of methoxy groups -OCH3 is 1. The summed E-state index contributed by atoms with van der Waals surface area (Å²) in [4.78, 5) is 15.1. The second kappa shape index (κ2) is 11.9. The molecular formula is C30H35NO4. The molecule has 0 aromatic heterocycles. The Hall–Kier alpha value is -3.31. The van der Waals surface area contributed by atoms with Crippen molar-refractivity contribution in [3.63, 3.8) is 0 Å². The second-order valence-electron chi connectivity index (χ2n) is 9.07. The molecule has 1 aliphatic rings. The van der Waals surface area contributed by atoms with Gasteiger partial charge >= 0.3 is 0 Å². The predicted molar refractivity (Wildman–Crippen MR) is 139 cm³/mol. The lowest BCUT2D eigenvalue weighted by atomic mass is 10.0. The van der Waals surface area contributed by atoms with E-state index < -0.39 is 6.23 Å². The lowest BCUT2D eigenvalue weighted by Gasteiger charge is -2.29. The van der Waals surface area contributed by atoms with E-state index in [1.807, 2.05) is 72.8 Å². The molecule has 0 aliphatic heterocycles. The van der Waals surface area contributed by atoms with Crippen LogP contribution in [0.4, 0.5) is 0 Å². The highest BCUT2D eigenvalue weighted by Gasteiger charge is 2.38. The largest absolute Gasteiger partial charge is 0.497 e. The number of carbonyl (C=O) groups is 1. The molecule has 1 amide bonds. The van der Waals surface area contributed by atoms with Crippen LogP contribution >= 0.6 is 0 Å². The van der Waals surface area contributed by atoms with E-state index in [9.17, 15) is 9.90 Å². The zero-order chi connectivity index (χ0) is 24.6. The smallest absolute Gasteiger partial charge is 0.256 e. The first-order chi connectivity index (χ1) is 17.1. The van der Waals surface area contributed by atoms with Crippen LogP contribution in [0.15, 0.2) is 72.8 Å². The number of benzene rings is 3. The van der Waals surface area contributed by atoms with Gasteiger partial charge in [-0.05, 0) is 60.7 Å². The van der Waals surface area contributed by atoms with E-state index in [0.717, 1.165) is 42.6 Å². The Bertz CT molecular complexity index is 1110. The quantitative estimate of drug-likeness (QED) is 0.237. The molecule has 0 bridgehead atoms. The normalized spacial score (nSPS) is 13.8. The molecule has 5 heteroatoms. The Morgan fingerprint density at radius 2 is 1.74 bits per heavy atom. The molecule has 3 aromatic carbocycles. The number of carbonyl (C=O) groups excluding carboxylic acids is 1. The maximum Gasteiger partial charge on any atom is 0.256 e. The molecule has 4 rings (SSSR count). The van der Waals surface area contributed by atoms with Crippen LogP contribution in [-0.4, -0.2) is 35.7 Å². The van der Waals surface area contributed by atoms with Crippen LogP contribution < -0.4 is 9.47 Å². The summed E-state index contributed by atoms with van der Waals surface area (Å²) in [6.07, 6.45) is 5.20. The molecule has 1 aliphatic carbocycles. The van der Waals surface area contributed by atoms with Crippen LogP contribution in [0, 0.1) is 0 Å². The summed E-state index contributed by atoms with van der Waals surface area (Å²) in [7, 11) is 1.65. The van der Waals surface area contributed by atoms with Gasteiger partial charge in [-0.1, -0.05) is 68.7 Å². The van der Waals surface area contributed by atoms with Crippen molar-refractivity contribution in [2.45, 2.75) is 57.7 Å². The minimum atomic E-state index is -1.06. The standard InChI is InChI=1S/C30H35NO4/c1-3-4-5-8-20-35-28-13-7-6-12-27(28)30(33)31(25-18-19-25)29(32)23-16-14-22(15-17-23)24-10-9-11-26(21-24)34-2/h6-7,9-17,21,25,30,33H,3-5,8,18-20H2,1-2H3. The monoisotopic (exact) mass is 473 g/mol.